The van der Waals surface area contributed by atoms with Gasteiger partial charge in [-0.3, -0.25) is 0 Å². The molecule has 0 bridgehead atoms. The minimum atomic E-state index is 0. The van der Waals surface area contributed by atoms with Gasteiger partial charge < -0.3 is 5.73 Å². The third-order valence-electron chi connectivity index (χ3n) is 2.45. The Morgan fingerprint density at radius 1 is 0.923 bits per heavy atom. The zero-order chi connectivity index (χ0) is 9.23. The summed E-state index contributed by atoms with van der Waals surface area (Å²) >= 11 is 0. The first-order valence-electron chi connectivity index (χ1n) is 5.56. The van der Waals surface area contributed by atoms with E-state index in [-0.39, 0.29) is 18.9 Å². The average Bonchev–Trinajstić information content (AvgIpc) is 2.10. The topological polar surface area (TPSA) is 26.0 Å². The second-order valence-electron chi connectivity index (χ2n) is 3.72. The summed E-state index contributed by atoms with van der Waals surface area (Å²) in [4.78, 5) is 0. The summed E-state index contributed by atoms with van der Waals surface area (Å²) in [5, 5.41) is 0. The molecule has 0 amide bonds. The molecule has 1 atom stereocenters. The normalized spacial score (nSPS) is 12.2. The van der Waals surface area contributed by atoms with Gasteiger partial charge in [0.25, 0.3) is 0 Å². The Morgan fingerprint density at radius 3 is 2.00 bits per heavy atom. The molecule has 0 saturated heterocycles. The van der Waals surface area contributed by atoms with E-state index >= 15 is 0 Å². The molecule has 0 radical (unpaired) electrons. The van der Waals surface area contributed by atoms with Crippen LogP contribution in [-0.4, -0.2) is 24.9 Å². The van der Waals surface area contributed by atoms with Crippen LogP contribution in [0, 0.1) is 0 Å². The van der Waals surface area contributed by atoms with Crippen LogP contribution in [0.5, 0.6) is 0 Å². The van der Waals surface area contributed by atoms with Gasteiger partial charge in [-0.15, -0.1) is 0 Å². The van der Waals surface area contributed by atoms with E-state index in [4.69, 9.17) is 5.73 Å². The van der Waals surface area contributed by atoms with Crippen LogP contribution in [0.2, 0.25) is 0 Å². The molecule has 76 valence electrons. The van der Waals surface area contributed by atoms with E-state index in [1.165, 1.54) is 44.9 Å². The predicted octanol–water partition coefficient (Wildman–Crippen LogP) is 2.83. The zero-order valence-corrected chi connectivity index (χ0v) is 8.81. The van der Waals surface area contributed by atoms with E-state index < -0.39 is 0 Å². The number of hydrogen-bond donors (Lipinski definition) is 1. The van der Waals surface area contributed by atoms with Crippen LogP contribution in [0.15, 0.2) is 0 Å². The third kappa shape index (κ3) is 12.6. The van der Waals surface area contributed by atoms with Crippen LogP contribution < -0.4 is 5.73 Å². The first-order valence-corrected chi connectivity index (χ1v) is 5.56. The van der Waals surface area contributed by atoms with E-state index in [1.54, 1.807) is 0 Å². The Balaban J connectivity index is 0. The first kappa shape index (κ1) is 16.0. The quantitative estimate of drug-likeness (QED) is 0.450. The zero-order valence-electron chi connectivity index (χ0n) is 8.81. The minimum absolute atomic E-state index is 0. The number of unbranched alkanes of at least 4 members (excludes halogenated alkanes) is 5. The molecule has 13 heavy (non-hydrogen) atoms. The second kappa shape index (κ2) is 12.6. The van der Waals surface area contributed by atoms with Gasteiger partial charge in [0, 0.05) is 6.04 Å². The van der Waals surface area contributed by atoms with Crippen molar-refractivity contribution in [2.75, 3.05) is 0 Å². The molecule has 1 nitrogen and oxygen atoms in total. The summed E-state index contributed by atoms with van der Waals surface area (Å²) in [6.07, 6.45) is 10.6. The van der Waals surface area contributed by atoms with Crippen LogP contribution in [0.4, 0.5) is 0 Å². The molecule has 1 unspecified atom stereocenters. The Morgan fingerprint density at radius 2 is 1.46 bits per heavy atom. The Labute approximate surface area is 96.0 Å². The molecule has 0 rings (SSSR count). The molecular formula is C11H26LiN. The van der Waals surface area contributed by atoms with Crippen LogP contribution in [0.1, 0.15) is 65.2 Å². The SMILES string of the molecule is CCCCCCCCC(N)CC.[LiH]. The summed E-state index contributed by atoms with van der Waals surface area (Å²) in [6.45, 7) is 4.43. The number of hydrogen-bond acceptors (Lipinski definition) is 1. The molecule has 0 aliphatic heterocycles. The molecule has 0 aliphatic rings. The molecule has 0 saturated carbocycles. The molecule has 0 fully saturated rings. The van der Waals surface area contributed by atoms with Crippen molar-refractivity contribution in [3.05, 3.63) is 0 Å². The molecule has 0 aromatic heterocycles. The van der Waals surface area contributed by atoms with Crippen LogP contribution >= 0.6 is 0 Å². The van der Waals surface area contributed by atoms with Gasteiger partial charge in [-0.05, 0) is 12.8 Å². The molecular weight excluding hydrogens is 153 g/mol. The van der Waals surface area contributed by atoms with Crippen molar-refractivity contribution in [3.8, 4) is 0 Å². The van der Waals surface area contributed by atoms with Crippen molar-refractivity contribution in [1.82, 2.24) is 0 Å². The summed E-state index contributed by atoms with van der Waals surface area (Å²) < 4.78 is 0. The van der Waals surface area contributed by atoms with Gasteiger partial charge in [-0.25, -0.2) is 0 Å². The van der Waals surface area contributed by atoms with E-state index in [9.17, 15) is 0 Å². The summed E-state index contributed by atoms with van der Waals surface area (Å²) in [5.41, 5.74) is 5.81. The fourth-order valence-corrected chi connectivity index (χ4v) is 1.39. The Hall–Kier alpha value is 0.557. The Kier molecular flexibility index (Phi) is 15.5. The molecule has 2 N–H and O–H groups in total. The van der Waals surface area contributed by atoms with Gasteiger partial charge in [0.2, 0.25) is 0 Å². The second-order valence-corrected chi connectivity index (χ2v) is 3.72. The van der Waals surface area contributed by atoms with E-state index in [2.05, 4.69) is 13.8 Å². The molecule has 2 heteroatoms. The molecule has 0 aromatic carbocycles. The average molecular weight is 179 g/mol. The van der Waals surface area contributed by atoms with Crippen molar-refractivity contribution >= 4 is 18.9 Å². The van der Waals surface area contributed by atoms with Gasteiger partial charge >= 0.3 is 18.9 Å². The molecule has 0 aromatic rings. The van der Waals surface area contributed by atoms with Gasteiger partial charge in [0.15, 0.2) is 0 Å². The maximum atomic E-state index is 5.81. The third-order valence-corrected chi connectivity index (χ3v) is 2.45. The van der Waals surface area contributed by atoms with Crippen molar-refractivity contribution in [2.45, 2.75) is 71.3 Å². The number of rotatable bonds is 8. The van der Waals surface area contributed by atoms with Crippen molar-refractivity contribution < 1.29 is 0 Å². The van der Waals surface area contributed by atoms with E-state index in [0.717, 1.165) is 6.42 Å². The van der Waals surface area contributed by atoms with Crippen LogP contribution in [0.3, 0.4) is 0 Å². The van der Waals surface area contributed by atoms with Crippen LogP contribution in [0.25, 0.3) is 0 Å². The molecule has 0 spiro atoms. The van der Waals surface area contributed by atoms with Crippen molar-refractivity contribution in [2.24, 2.45) is 5.73 Å². The van der Waals surface area contributed by atoms with Gasteiger partial charge in [0.05, 0.1) is 0 Å². The van der Waals surface area contributed by atoms with E-state index in [1.807, 2.05) is 0 Å². The van der Waals surface area contributed by atoms with Gasteiger partial charge in [0.1, 0.15) is 0 Å². The van der Waals surface area contributed by atoms with Gasteiger partial charge in [-0.1, -0.05) is 52.4 Å². The molecule has 0 aliphatic carbocycles. The van der Waals surface area contributed by atoms with Gasteiger partial charge in [-0.2, -0.15) is 0 Å². The van der Waals surface area contributed by atoms with Crippen molar-refractivity contribution in [3.63, 3.8) is 0 Å². The number of nitrogens with two attached hydrogens (primary N) is 1. The maximum absolute atomic E-state index is 5.81. The summed E-state index contributed by atoms with van der Waals surface area (Å²) in [7, 11) is 0. The fourth-order valence-electron chi connectivity index (χ4n) is 1.39. The predicted molar refractivity (Wildman–Crippen MR) is 63.4 cm³/mol. The summed E-state index contributed by atoms with van der Waals surface area (Å²) in [6, 6.07) is 0.455. The standard InChI is InChI=1S/C11H25N.Li.H/c1-3-5-6-7-8-9-10-11(12)4-2;;/h11H,3-10,12H2,1-2H3;;. The summed E-state index contributed by atoms with van der Waals surface area (Å²) in [5.74, 6) is 0. The van der Waals surface area contributed by atoms with Crippen LogP contribution in [-0.2, 0) is 0 Å². The first-order chi connectivity index (χ1) is 5.81. The Bertz CT molecular complexity index is 86.2. The van der Waals surface area contributed by atoms with E-state index in [0.29, 0.717) is 6.04 Å². The monoisotopic (exact) mass is 179 g/mol. The molecule has 0 heterocycles. The fraction of sp³-hybridized carbons (Fsp3) is 1.00. The van der Waals surface area contributed by atoms with Crippen molar-refractivity contribution in [1.29, 1.82) is 0 Å².